The van der Waals surface area contributed by atoms with Crippen molar-refractivity contribution >= 4 is 11.8 Å². The largest absolute Gasteiger partial charge is 0.480 e. The first-order chi connectivity index (χ1) is 8.04. The number of carboxylic acid groups (broad SMARTS) is 1. The van der Waals surface area contributed by atoms with Gasteiger partial charge in [0.05, 0.1) is 0 Å². The topological polar surface area (TPSA) is 98.9 Å². The van der Waals surface area contributed by atoms with Gasteiger partial charge in [0.25, 0.3) is 0 Å². The van der Waals surface area contributed by atoms with Crippen molar-refractivity contribution in [1.82, 2.24) is 9.97 Å². The lowest BCUT2D eigenvalue weighted by molar-refractivity contribution is -0.138. The summed E-state index contributed by atoms with van der Waals surface area (Å²) in [6.45, 7) is 3.86. The maximum Gasteiger partial charge on any atom is 0.326 e. The number of carboxylic acids is 1. The summed E-state index contributed by atoms with van der Waals surface area (Å²) in [6.07, 6.45) is 3.26. The van der Waals surface area contributed by atoms with E-state index >= 15 is 0 Å². The molecule has 1 heterocycles. The molecule has 0 aliphatic carbocycles. The summed E-state index contributed by atoms with van der Waals surface area (Å²) < 4.78 is 0. The zero-order chi connectivity index (χ0) is 12.8. The van der Waals surface area contributed by atoms with E-state index in [4.69, 9.17) is 10.4 Å². The van der Waals surface area contributed by atoms with Crippen molar-refractivity contribution in [2.75, 3.05) is 5.32 Å². The molecule has 0 aromatic carbocycles. The Morgan fingerprint density at radius 1 is 1.53 bits per heavy atom. The van der Waals surface area contributed by atoms with Crippen molar-refractivity contribution in [3.05, 3.63) is 18.1 Å². The molecule has 1 aromatic rings. The van der Waals surface area contributed by atoms with Gasteiger partial charge in [0.2, 0.25) is 0 Å². The van der Waals surface area contributed by atoms with Crippen LogP contribution in [0.1, 0.15) is 26.0 Å². The van der Waals surface area contributed by atoms with Crippen molar-refractivity contribution in [2.45, 2.75) is 26.3 Å². The monoisotopic (exact) mass is 234 g/mol. The molecule has 0 aliphatic rings. The molecule has 0 saturated carbocycles. The Morgan fingerprint density at radius 2 is 2.18 bits per heavy atom. The average molecular weight is 234 g/mol. The van der Waals surface area contributed by atoms with Gasteiger partial charge in [-0.1, -0.05) is 13.8 Å². The third-order valence-electron chi connectivity index (χ3n) is 2.12. The fraction of sp³-hybridized carbons (Fsp3) is 0.455. The van der Waals surface area contributed by atoms with Gasteiger partial charge in [0, 0.05) is 12.4 Å². The minimum Gasteiger partial charge on any atom is -0.480 e. The van der Waals surface area contributed by atoms with Crippen LogP contribution in [0.3, 0.4) is 0 Å². The van der Waals surface area contributed by atoms with Crippen LogP contribution in [0.4, 0.5) is 5.82 Å². The van der Waals surface area contributed by atoms with E-state index in [-0.39, 0.29) is 17.4 Å². The highest BCUT2D eigenvalue weighted by atomic mass is 16.4. The molecule has 0 bridgehead atoms. The number of aromatic nitrogens is 2. The summed E-state index contributed by atoms with van der Waals surface area (Å²) >= 11 is 0. The number of rotatable bonds is 5. The lowest BCUT2D eigenvalue weighted by atomic mass is 10.0. The normalized spacial score (nSPS) is 11.9. The highest BCUT2D eigenvalue weighted by molar-refractivity contribution is 5.77. The Kier molecular flexibility index (Phi) is 4.40. The first-order valence-corrected chi connectivity index (χ1v) is 5.25. The number of nitrogens with one attached hydrogen (secondary N) is 1. The second-order valence-corrected chi connectivity index (χ2v) is 4.03. The van der Waals surface area contributed by atoms with Crippen molar-refractivity contribution in [3.8, 4) is 6.07 Å². The Labute approximate surface area is 99.3 Å². The zero-order valence-corrected chi connectivity index (χ0v) is 9.71. The Bertz CT molecular complexity index is 439. The summed E-state index contributed by atoms with van der Waals surface area (Å²) in [7, 11) is 0. The SMILES string of the molecule is CC(C)CC(Nc1nccnc1C#N)C(=O)O. The first-order valence-electron chi connectivity index (χ1n) is 5.25. The quantitative estimate of drug-likeness (QED) is 0.795. The number of hydrogen-bond donors (Lipinski definition) is 2. The molecule has 0 spiro atoms. The van der Waals surface area contributed by atoms with E-state index < -0.39 is 12.0 Å². The van der Waals surface area contributed by atoms with Gasteiger partial charge in [0.15, 0.2) is 11.5 Å². The summed E-state index contributed by atoms with van der Waals surface area (Å²) in [4.78, 5) is 18.8. The van der Waals surface area contributed by atoms with Crippen molar-refractivity contribution in [3.63, 3.8) is 0 Å². The fourth-order valence-corrected chi connectivity index (χ4v) is 1.38. The molecule has 1 unspecified atom stereocenters. The molecule has 0 fully saturated rings. The van der Waals surface area contributed by atoms with Crippen LogP contribution in [0.25, 0.3) is 0 Å². The molecule has 17 heavy (non-hydrogen) atoms. The van der Waals surface area contributed by atoms with Crippen LogP contribution in [0.5, 0.6) is 0 Å². The van der Waals surface area contributed by atoms with Gasteiger partial charge in [-0.3, -0.25) is 0 Å². The predicted molar refractivity (Wildman–Crippen MR) is 61.2 cm³/mol. The van der Waals surface area contributed by atoms with Crippen LogP contribution in [-0.2, 0) is 4.79 Å². The Balaban J connectivity index is 2.86. The second-order valence-electron chi connectivity index (χ2n) is 4.03. The van der Waals surface area contributed by atoms with Crippen molar-refractivity contribution < 1.29 is 9.90 Å². The minimum atomic E-state index is -0.965. The number of carbonyl (C=O) groups is 1. The number of nitrogens with zero attached hydrogens (tertiary/aromatic N) is 3. The Hall–Kier alpha value is -2.16. The molecule has 90 valence electrons. The van der Waals surface area contributed by atoms with Crippen LogP contribution in [0, 0.1) is 17.2 Å². The Morgan fingerprint density at radius 3 is 2.71 bits per heavy atom. The maximum absolute atomic E-state index is 11.0. The number of nitriles is 1. The van der Waals surface area contributed by atoms with Gasteiger partial charge in [-0.15, -0.1) is 0 Å². The zero-order valence-electron chi connectivity index (χ0n) is 9.71. The van der Waals surface area contributed by atoms with Crippen LogP contribution >= 0.6 is 0 Å². The molecular formula is C11H14N4O2. The van der Waals surface area contributed by atoms with E-state index in [1.807, 2.05) is 19.9 Å². The highest BCUT2D eigenvalue weighted by Crippen LogP contribution is 2.13. The molecule has 1 rings (SSSR count). The molecule has 6 heteroatoms. The molecule has 6 nitrogen and oxygen atoms in total. The molecular weight excluding hydrogens is 220 g/mol. The van der Waals surface area contributed by atoms with Crippen LogP contribution in [0.15, 0.2) is 12.4 Å². The van der Waals surface area contributed by atoms with Crippen LogP contribution in [-0.4, -0.2) is 27.1 Å². The van der Waals surface area contributed by atoms with Gasteiger partial charge in [-0.05, 0) is 12.3 Å². The number of anilines is 1. The predicted octanol–water partition coefficient (Wildman–Crippen LogP) is 1.26. The highest BCUT2D eigenvalue weighted by Gasteiger charge is 2.20. The van der Waals surface area contributed by atoms with Crippen LogP contribution in [0.2, 0.25) is 0 Å². The average Bonchev–Trinajstić information content (AvgIpc) is 2.28. The maximum atomic E-state index is 11.0. The third-order valence-corrected chi connectivity index (χ3v) is 2.12. The third kappa shape index (κ3) is 3.72. The molecule has 0 aliphatic heterocycles. The van der Waals surface area contributed by atoms with E-state index in [0.717, 1.165) is 0 Å². The number of aliphatic carboxylic acids is 1. The van der Waals surface area contributed by atoms with Crippen LogP contribution < -0.4 is 5.32 Å². The molecule has 0 amide bonds. The van der Waals surface area contributed by atoms with Gasteiger partial charge < -0.3 is 10.4 Å². The molecule has 2 N–H and O–H groups in total. The van der Waals surface area contributed by atoms with E-state index in [9.17, 15) is 4.79 Å². The molecule has 0 radical (unpaired) electrons. The first kappa shape index (κ1) is 12.9. The summed E-state index contributed by atoms with van der Waals surface area (Å²) in [6, 6.07) is 1.10. The van der Waals surface area contributed by atoms with E-state index in [2.05, 4.69) is 15.3 Å². The van der Waals surface area contributed by atoms with Gasteiger partial charge in [-0.2, -0.15) is 5.26 Å². The summed E-state index contributed by atoms with van der Waals surface area (Å²) in [5.74, 6) is -0.526. The summed E-state index contributed by atoms with van der Waals surface area (Å²) in [5, 5.41) is 20.6. The summed E-state index contributed by atoms with van der Waals surface area (Å²) in [5.41, 5.74) is 0.0995. The molecule has 0 saturated heterocycles. The lowest BCUT2D eigenvalue weighted by Gasteiger charge is -2.17. The molecule has 1 atom stereocenters. The standard InChI is InChI=1S/C11H14N4O2/c1-7(2)5-8(11(16)17)15-10-9(6-12)13-3-4-14-10/h3-4,7-8H,5H2,1-2H3,(H,14,15)(H,16,17). The molecule has 1 aromatic heterocycles. The minimum absolute atomic E-state index is 0.0995. The fourth-order valence-electron chi connectivity index (χ4n) is 1.38. The van der Waals surface area contributed by atoms with Gasteiger partial charge in [0.1, 0.15) is 12.1 Å². The second kappa shape index (κ2) is 5.80. The lowest BCUT2D eigenvalue weighted by Crippen LogP contribution is -2.31. The van der Waals surface area contributed by atoms with E-state index in [1.54, 1.807) is 0 Å². The van der Waals surface area contributed by atoms with E-state index in [1.165, 1.54) is 12.4 Å². The number of hydrogen-bond acceptors (Lipinski definition) is 5. The van der Waals surface area contributed by atoms with Gasteiger partial charge >= 0.3 is 5.97 Å². The van der Waals surface area contributed by atoms with Crippen molar-refractivity contribution in [1.29, 1.82) is 5.26 Å². The smallest absolute Gasteiger partial charge is 0.326 e. The van der Waals surface area contributed by atoms with Crippen molar-refractivity contribution in [2.24, 2.45) is 5.92 Å². The van der Waals surface area contributed by atoms with E-state index in [0.29, 0.717) is 6.42 Å². The van der Waals surface area contributed by atoms with Gasteiger partial charge in [-0.25, -0.2) is 14.8 Å².